The van der Waals surface area contributed by atoms with Gasteiger partial charge in [0, 0.05) is 17.3 Å². The number of carbonyl (C=O) groups is 2. The van der Waals surface area contributed by atoms with Crippen LogP contribution in [0.2, 0.25) is 0 Å². The summed E-state index contributed by atoms with van der Waals surface area (Å²) < 4.78 is 1.86. The van der Waals surface area contributed by atoms with Crippen LogP contribution in [0.25, 0.3) is 4.96 Å². The number of hydrogen-bond donors (Lipinski definition) is 2. The monoisotopic (exact) mass is 281 g/mol. The van der Waals surface area contributed by atoms with Crippen molar-refractivity contribution in [2.75, 3.05) is 0 Å². The molecule has 2 aromatic rings. The number of carbonyl (C=O) groups excluding carboxylic acids is 1. The number of rotatable bonds is 5. The summed E-state index contributed by atoms with van der Waals surface area (Å²) in [6.45, 7) is 3.61. The molecule has 0 unspecified atom stereocenters. The maximum Gasteiger partial charge on any atom is 0.326 e. The van der Waals surface area contributed by atoms with Crippen LogP contribution in [0.15, 0.2) is 11.6 Å². The topological polar surface area (TPSA) is 83.7 Å². The summed E-state index contributed by atoms with van der Waals surface area (Å²) in [6, 6.07) is -0.828. The molecule has 2 aromatic heterocycles. The van der Waals surface area contributed by atoms with Crippen molar-refractivity contribution in [3.8, 4) is 0 Å². The summed E-state index contributed by atoms with van der Waals surface area (Å²) in [5.74, 6) is -1.30. The van der Waals surface area contributed by atoms with Crippen LogP contribution in [-0.4, -0.2) is 32.4 Å². The predicted octanol–water partition coefficient (Wildman–Crippen LogP) is 1.23. The molecule has 0 fully saturated rings. The molecule has 0 saturated heterocycles. The van der Waals surface area contributed by atoms with Crippen molar-refractivity contribution in [2.45, 2.75) is 32.7 Å². The molecule has 0 aliphatic carbocycles. The number of imidazole rings is 1. The summed E-state index contributed by atoms with van der Waals surface area (Å²) in [6.07, 6.45) is 2.38. The zero-order chi connectivity index (χ0) is 14.0. The highest BCUT2D eigenvalue weighted by Crippen LogP contribution is 2.16. The first-order valence-corrected chi connectivity index (χ1v) is 6.83. The van der Waals surface area contributed by atoms with Crippen molar-refractivity contribution in [3.63, 3.8) is 0 Å². The number of nitrogens with one attached hydrogen (secondary N) is 1. The lowest BCUT2D eigenvalue weighted by Crippen LogP contribution is -2.41. The number of fused-ring (bicyclic) bond motifs is 1. The molecule has 102 valence electrons. The number of nitrogens with zero attached hydrogens (tertiary/aromatic N) is 2. The van der Waals surface area contributed by atoms with Crippen LogP contribution in [-0.2, 0) is 16.0 Å². The zero-order valence-electron chi connectivity index (χ0n) is 10.7. The summed E-state index contributed by atoms with van der Waals surface area (Å²) in [5, 5.41) is 13.3. The number of thiazole rings is 1. The normalized spacial score (nSPS) is 12.5. The van der Waals surface area contributed by atoms with Gasteiger partial charge in [-0.15, -0.1) is 11.3 Å². The molecular formula is C12H15N3O3S. The minimum absolute atomic E-state index is 0.152. The molecule has 0 aliphatic heterocycles. The third-order valence-electron chi connectivity index (χ3n) is 2.79. The lowest BCUT2D eigenvalue weighted by molar-refractivity contribution is -0.141. The van der Waals surface area contributed by atoms with E-state index < -0.39 is 12.0 Å². The van der Waals surface area contributed by atoms with Gasteiger partial charge in [0.25, 0.3) is 0 Å². The molecule has 6 nitrogen and oxygen atoms in total. The SMILES string of the molecule is CC[C@H](NC(=O)Cc1csc2nc(C)cn12)C(=O)O. The Labute approximate surface area is 114 Å². The van der Waals surface area contributed by atoms with E-state index in [0.29, 0.717) is 6.42 Å². The maximum absolute atomic E-state index is 11.8. The molecule has 0 bridgehead atoms. The van der Waals surface area contributed by atoms with E-state index in [2.05, 4.69) is 10.3 Å². The average Bonchev–Trinajstić information content (AvgIpc) is 2.86. The van der Waals surface area contributed by atoms with Gasteiger partial charge in [-0.05, 0) is 13.3 Å². The largest absolute Gasteiger partial charge is 0.480 e. The van der Waals surface area contributed by atoms with Gasteiger partial charge in [0.15, 0.2) is 4.96 Å². The van der Waals surface area contributed by atoms with Crippen LogP contribution >= 0.6 is 11.3 Å². The van der Waals surface area contributed by atoms with E-state index in [-0.39, 0.29) is 12.3 Å². The van der Waals surface area contributed by atoms with Gasteiger partial charge in [-0.2, -0.15) is 0 Å². The van der Waals surface area contributed by atoms with Crippen LogP contribution in [0.1, 0.15) is 24.7 Å². The second-order valence-electron chi connectivity index (χ2n) is 4.31. The molecule has 1 atom stereocenters. The highest BCUT2D eigenvalue weighted by molar-refractivity contribution is 7.15. The first-order valence-electron chi connectivity index (χ1n) is 5.95. The number of carboxylic acid groups (broad SMARTS) is 1. The lowest BCUT2D eigenvalue weighted by Gasteiger charge is -2.11. The van der Waals surface area contributed by atoms with Gasteiger partial charge in [0.05, 0.1) is 12.1 Å². The van der Waals surface area contributed by atoms with Crippen molar-refractivity contribution < 1.29 is 14.7 Å². The standard InChI is InChI=1S/C12H15N3O3S/c1-3-9(11(17)18)14-10(16)4-8-6-19-12-13-7(2)5-15(8)12/h5-6,9H,3-4H2,1-2H3,(H,14,16)(H,17,18)/t9-/m0/s1. The van der Waals surface area contributed by atoms with E-state index in [1.54, 1.807) is 6.92 Å². The Hall–Kier alpha value is -1.89. The minimum Gasteiger partial charge on any atom is -0.480 e. The van der Waals surface area contributed by atoms with Crippen molar-refractivity contribution in [2.24, 2.45) is 0 Å². The van der Waals surface area contributed by atoms with E-state index >= 15 is 0 Å². The molecule has 0 saturated carbocycles. The summed E-state index contributed by atoms with van der Waals surface area (Å²) in [7, 11) is 0. The third-order valence-corrected chi connectivity index (χ3v) is 3.68. The summed E-state index contributed by atoms with van der Waals surface area (Å²) >= 11 is 1.46. The van der Waals surface area contributed by atoms with Gasteiger partial charge in [0.1, 0.15) is 6.04 Å². The quantitative estimate of drug-likeness (QED) is 0.863. The second kappa shape index (κ2) is 5.40. The zero-order valence-corrected chi connectivity index (χ0v) is 11.5. The fourth-order valence-corrected chi connectivity index (χ4v) is 2.74. The van der Waals surface area contributed by atoms with E-state index in [0.717, 1.165) is 16.3 Å². The summed E-state index contributed by atoms with van der Waals surface area (Å²) in [4.78, 5) is 27.8. The number of amides is 1. The molecule has 2 N–H and O–H groups in total. The Morgan fingerprint density at radius 3 is 2.95 bits per heavy atom. The van der Waals surface area contributed by atoms with Crippen molar-refractivity contribution in [1.29, 1.82) is 0 Å². The minimum atomic E-state index is -1.01. The van der Waals surface area contributed by atoms with Gasteiger partial charge < -0.3 is 10.4 Å². The van der Waals surface area contributed by atoms with E-state index in [1.165, 1.54) is 11.3 Å². The van der Waals surface area contributed by atoms with Gasteiger partial charge in [-0.25, -0.2) is 9.78 Å². The van der Waals surface area contributed by atoms with Gasteiger partial charge in [0.2, 0.25) is 5.91 Å². The Morgan fingerprint density at radius 2 is 2.32 bits per heavy atom. The first kappa shape index (κ1) is 13.5. The number of aliphatic carboxylic acids is 1. The molecule has 7 heteroatoms. The van der Waals surface area contributed by atoms with Crippen LogP contribution in [0.5, 0.6) is 0 Å². The van der Waals surface area contributed by atoms with Gasteiger partial charge in [-0.1, -0.05) is 6.92 Å². The summed E-state index contributed by atoms with van der Waals surface area (Å²) in [5.41, 5.74) is 1.71. The van der Waals surface area contributed by atoms with Gasteiger partial charge in [-0.3, -0.25) is 9.20 Å². The van der Waals surface area contributed by atoms with E-state index in [9.17, 15) is 9.59 Å². The Kier molecular flexibility index (Phi) is 3.84. The second-order valence-corrected chi connectivity index (χ2v) is 5.14. The highest BCUT2D eigenvalue weighted by Gasteiger charge is 2.18. The Morgan fingerprint density at radius 1 is 1.58 bits per heavy atom. The van der Waals surface area contributed by atoms with Crippen LogP contribution in [0, 0.1) is 6.92 Å². The molecule has 0 aromatic carbocycles. The smallest absolute Gasteiger partial charge is 0.326 e. The Bertz CT molecular complexity index is 617. The highest BCUT2D eigenvalue weighted by atomic mass is 32.1. The van der Waals surface area contributed by atoms with Crippen LogP contribution in [0.3, 0.4) is 0 Å². The first-order chi connectivity index (χ1) is 9.01. The fraction of sp³-hybridized carbons (Fsp3) is 0.417. The number of hydrogen-bond acceptors (Lipinski definition) is 4. The molecule has 0 radical (unpaired) electrons. The van der Waals surface area contributed by atoms with Crippen LogP contribution in [0.4, 0.5) is 0 Å². The van der Waals surface area contributed by atoms with E-state index in [4.69, 9.17) is 5.11 Å². The van der Waals surface area contributed by atoms with Crippen molar-refractivity contribution in [3.05, 3.63) is 23.0 Å². The molecule has 0 spiro atoms. The predicted molar refractivity (Wildman–Crippen MR) is 71.4 cm³/mol. The number of aryl methyl sites for hydroxylation is 1. The van der Waals surface area contributed by atoms with Crippen molar-refractivity contribution in [1.82, 2.24) is 14.7 Å². The average molecular weight is 281 g/mol. The molecule has 2 heterocycles. The molecule has 2 rings (SSSR count). The third kappa shape index (κ3) is 2.93. The van der Waals surface area contributed by atoms with Crippen molar-refractivity contribution >= 4 is 28.2 Å². The molecule has 19 heavy (non-hydrogen) atoms. The molecule has 1 amide bonds. The Balaban J connectivity index is 2.08. The fourth-order valence-electron chi connectivity index (χ4n) is 1.82. The number of carboxylic acids is 1. The van der Waals surface area contributed by atoms with Crippen LogP contribution < -0.4 is 5.32 Å². The number of aromatic nitrogens is 2. The van der Waals surface area contributed by atoms with Gasteiger partial charge >= 0.3 is 5.97 Å². The molecular weight excluding hydrogens is 266 g/mol. The molecule has 0 aliphatic rings. The lowest BCUT2D eigenvalue weighted by atomic mass is 10.2. The van der Waals surface area contributed by atoms with E-state index in [1.807, 2.05) is 22.9 Å². The maximum atomic E-state index is 11.8.